The van der Waals surface area contributed by atoms with Crippen LogP contribution >= 0.6 is 0 Å². The van der Waals surface area contributed by atoms with Gasteiger partial charge in [0.2, 0.25) is 0 Å². The lowest BCUT2D eigenvalue weighted by molar-refractivity contribution is 0.0730. The predicted molar refractivity (Wildman–Crippen MR) is 92.3 cm³/mol. The van der Waals surface area contributed by atoms with E-state index in [1.165, 1.54) is 0 Å². The zero-order valence-corrected chi connectivity index (χ0v) is 14.2. The van der Waals surface area contributed by atoms with E-state index in [0.29, 0.717) is 36.5 Å². The van der Waals surface area contributed by atoms with Crippen LogP contribution in [0.1, 0.15) is 51.9 Å². The van der Waals surface area contributed by atoms with Crippen LogP contribution in [0.25, 0.3) is 0 Å². The first kappa shape index (κ1) is 16.0. The molecule has 4 heterocycles. The first-order valence-electron chi connectivity index (χ1n) is 8.68. The van der Waals surface area contributed by atoms with Gasteiger partial charge in [0.25, 0.3) is 11.5 Å². The molecule has 0 aliphatic carbocycles. The molecule has 1 atom stereocenters. The molecule has 0 aromatic carbocycles. The van der Waals surface area contributed by atoms with Crippen molar-refractivity contribution in [2.45, 2.75) is 38.8 Å². The van der Waals surface area contributed by atoms with Crippen LogP contribution in [-0.4, -0.2) is 38.8 Å². The maximum Gasteiger partial charge on any atom is 0.254 e. The van der Waals surface area contributed by atoms with Gasteiger partial charge in [-0.1, -0.05) is 0 Å². The van der Waals surface area contributed by atoms with Crippen LogP contribution in [0.4, 0.5) is 0 Å². The summed E-state index contributed by atoms with van der Waals surface area (Å²) in [5, 5.41) is 3.35. The molecule has 1 saturated heterocycles. The van der Waals surface area contributed by atoms with E-state index in [2.05, 4.69) is 20.3 Å². The van der Waals surface area contributed by atoms with Crippen molar-refractivity contribution in [1.29, 1.82) is 0 Å². The summed E-state index contributed by atoms with van der Waals surface area (Å²) >= 11 is 0. The Hall–Kier alpha value is -2.54. The molecule has 0 saturated carbocycles. The molecule has 25 heavy (non-hydrogen) atoms. The highest BCUT2D eigenvalue weighted by Gasteiger charge is 2.27. The molecule has 7 heteroatoms. The third-order valence-corrected chi connectivity index (χ3v) is 5.02. The van der Waals surface area contributed by atoms with Crippen LogP contribution in [0.3, 0.4) is 0 Å². The van der Waals surface area contributed by atoms with Crippen LogP contribution < -0.4 is 10.9 Å². The lowest BCUT2D eigenvalue weighted by Crippen LogP contribution is -2.40. The van der Waals surface area contributed by atoms with Gasteiger partial charge in [-0.25, -0.2) is 4.98 Å². The smallest absolute Gasteiger partial charge is 0.254 e. The molecule has 0 bridgehead atoms. The maximum absolute atomic E-state index is 12.8. The van der Waals surface area contributed by atoms with E-state index in [-0.39, 0.29) is 17.5 Å². The summed E-state index contributed by atoms with van der Waals surface area (Å²) in [5.41, 5.74) is 2.87. The number of rotatable bonds is 2. The fourth-order valence-electron chi connectivity index (χ4n) is 3.60. The molecule has 130 valence electrons. The first-order valence-corrected chi connectivity index (χ1v) is 8.68. The fraction of sp³-hybridized carbons (Fsp3) is 0.444. The highest BCUT2D eigenvalue weighted by molar-refractivity contribution is 5.95. The molecular weight excluding hydrogens is 318 g/mol. The van der Waals surface area contributed by atoms with Gasteiger partial charge in [0.05, 0.1) is 18.3 Å². The van der Waals surface area contributed by atoms with Crippen molar-refractivity contribution < 1.29 is 4.79 Å². The summed E-state index contributed by atoms with van der Waals surface area (Å²) in [6, 6.07) is 1.85. The van der Waals surface area contributed by atoms with Gasteiger partial charge in [0.15, 0.2) is 0 Å². The minimum absolute atomic E-state index is 0.0341. The summed E-state index contributed by atoms with van der Waals surface area (Å²) in [6.07, 6.45) is 5.91. The number of nitrogens with one attached hydrogen (secondary N) is 2. The lowest BCUT2D eigenvalue weighted by Gasteiger charge is -2.28. The summed E-state index contributed by atoms with van der Waals surface area (Å²) in [5.74, 6) is 0.656. The van der Waals surface area contributed by atoms with E-state index < -0.39 is 0 Å². The molecule has 1 amide bonds. The van der Waals surface area contributed by atoms with Crippen LogP contribution in [0.15, 0.2) is 23.3 Å². The minimum Gasteiger partial charge on any atom is -0.332 e. The lowest BCUT2D eigenvalue weighted by atomic mass is 10.0. The van der Waals surface area contributed by atoms with Crippen LogP contribution in [0.2, 0.25) is 0 Å². The highest BCUT2D eigenvalue weighted by atomic mass is 16.2. The first-order chi connectivity index (χ1) is 12.1. The number of aromatic nitrogens is 3. The third-order valence-electron chi connectivity index (χ3n) is 5.02. The van der Waals surface area contributed by atoms with Crippen molar-refractivity contribution in [2.24, 2.45) is 0 Å². The maximum atomic E-state index is 12.8. The number of fused-ring (bicyclic) bond motifs is 1. The summed E-state index contributed by atoms with van der Waals surface area (Å²) < 4.78 is 0. The Morgan fingerprint density at radius 3 is 3.04 bits per heavy atom. The molecule has 2 aromatic heterocycles. The van der Waals surface area contributed by atoms with Gasteiger partial charge in [-0.15, -0.1) is 0 Å². The number of amides is 1. The van der Waals surface area contributed by atoms with E-state index in [9.17, 15) is 9.59 Å². The van der Waals surface area contributed by atoms with Gasteiger partial charge in [0.1, 0.15) is 5.82 Å². The Labute approximate surface area is 145 Å². The van der Waals surface area contributed by atoms with Crippen molar-refractivity contribution in [2.75, 3.05) is 13.1 Å². The molecule has 2 N–H and O–H groups in total. The van der Waals surface area contributed by atoms with Gasteiger partial charge in [0, 0.05) is 30.1 Å². The topological polar surface area (TPSA) is 91.0 Å². The van der Waals surface area contributed by atoms with E-state index >= 15 is 0 Å². The van der Waals surface area contributed by atoms with Gasteiger partial charge in [-0.05, 0) is 44.4 Å². The average molecular weight is 339 g/mol. The number of aryl methyl sites for hydroxylation is 1. The quantitative estimate of drug-likeness (QED) is 0.855. The molecule has 7 nitrogen and oxygen atoms in total. The zero-order valence-electron chi connectivity index (χ0n) is 14.2. The second kappa shape index (κ2) is 6.40. The minimum atomic E-state index is -0.0686. The molecule has 4 rings (SSSR count). The molecular formula is C18H21N5O2. The van der Waals surface area contributed by atoms with Crippen LogP contribution in [0.5, 0.6) is 0 Å². The number of pyridine rings is 1. The Kier molecular flexibility index (Phi) is 4.09. The molecule has 1 fully saturated rings. The average Bonchev–Trinajstić information content (AvgIpc) is 3.16. The van der Waals surface area contributed by atoms with Crippen molar-refractivity contribution >= 4 is 5.91 Å². The molecule has 0 unspecified atom stereocenters. The van der Waals surface area contributed by atoms with Gasteiger partial charge in [-0.2, -0.15) is 0 Å². The molecule has 2 aliphatic rings. The number of nitrogens with zero attached hydrogens (tertiary/aromatic N) is 3. The predicted octanol–water partition coefficient (Wildman–Crippen LogP) is 1.10. The van der Waals surface area contributed by atoms with Gasteiger partial charge in [-0.3, -0.25) is 14.6 Å². The SMILES string of the molecule is Cc1cnccc1C(=O)N1CCc2c(nc([C@H]3CCCN3)[nH]c2=O)C1. The second-order valence-corrected chi connectivity index (χ2v) is 6.69. The van der Waals surface area contributed by atoms with Crippen molar-refractivity contribution in [3.8, 4) is 0 Å². The molecule has 0 spiro atoms. The summed E-state index contributed by atoms with van der Waals surface area (Å²) in [7, 11) is 0. The molecule has 2 aromatic rings. The number of hydrogen-bond acceptors (Lipinski definition) is 5. The largest absolute Gasteiger partial charge is 0.332 e. The van der Waals surface area contributed by atoms with Gasteiger partial charge >= 0.3 is 0 Å². The Balaban J connectivity index is 1.63. The van der Waals surface area contributed by atoms with E-state index in [4.69, 9.17) is 0 Å². The van der Waals surface area contributed by atoms with Crippen LogP contribution in [0, 0.1) is 6.92 Å². The highest BCUT2D eigenvalue weighted by Crippen LogP contribution is 2.22. The number of H-pyrrole nitrogens is 1. The van der Waals surface area contributed by atoms with E-state index in [0.717, 1.165) is 30.6 Å². The number of carbonyl (C=O) groups excluding carboxylic acids is 1. The van der Waals surface area contributed by atoms with E-state index in [1.807, 2.05) is 6.92 Å². The normalized spacial score (nSPS) is 19.7. The summed E-state index contributed by atoms with van der Waals surface area (Å²) in [6.45, 7) is 3.72. The van der Waals surface area contributed by atoms with Crippen LogP contribution in [-0.2, 0) is 13.0 Å². The number of carbonyl (C=O) groups is 1. The third kappa shape index (κ3) is 2.95. The Morgan fingerprint density at radius 2 is 2.28 bits per heavy atom. The monoisotopic (exact) mass is 339 g/mol. The second-order valence-electron chi connectivity index (χ2n) is 6.69. The zero-order chi connectivity index (χ0) is 17.4. The Bertz CT molecular complexity index is 870. The van der Waals surface area contributed by atoms with Crippen molar-refractivity contribution in [3.63, 3.8) is 0 Å². The number of hydrogen-bond donors (Lipinski definition) is 2. The number of aromatic amines is 1. The van der Waals surface area contributed by atoms with E-state index in [1.54, 1.807) is 23.4 Å². The van der Waals surface area contributed by atoms with Gasteiger partial charge < -0.3 is 15.2 Å². The fourth-order valence-corrected chi connectivity index (χ4v) is 3.60. The van der Waals surface area contributed by atoms with Crippen molar-refractivity contribution in [1.82, 2.24) is 25.2 Å². The standard InChI is InChI=1S/C18H21N5O2/c1-11-9-19-7-4-12(11)18(25)23-8-5-13-15(10-23)21-16(22-17(13)24)14-3-2-6-20-14/h4,7,9,14,20H,2-3,5-6,8,10H2,1H3,(H,21,22,24)/t14-/m1/s1. The Morgan fingerprint density at radius 1 is 1.40 bits per heavy atom. The molecule has 2 aliphatic heterocycles. The van der Waals surface area contributed by atoms with Crippen molar-refractivity contribution in [3.05, 3.63) is 57.0 Å². The summed E-state index contributed by atoms with van der Waals surface area (Å²) in [4.78, 5) is 38.6. The molecule has 0 radical (unpaired) electrons.